The molecule has 152 valence electrons. The van der Waals surface area contributed by atoms with E-state index in [1.165, 1.54) is 6.92 Å². The van der Waals surface area contributed by atoms with E-state index in [0.29, 0.717) is 17.2 Å². The maximum absolute atomic E-state index is 12.6. The average molecular weight is 395 g/mol. The number of nitrogens with zero attached hydrogens (tertiary/aromatic N) is 1. The van der Waals surface area contributed by atoms with Gasteiger partial charge in [-0.15, -0.1) is 0 Å². The van der Waals surface area contributed by atoms with Crippen molar-refractivity contribution < 1.29 is 14.3 Å². The SMILES string of the molecule is CC(=O)N1c2c(cc[nH]c2=O)C(NC(=O)OCc2ccccc2)[C@@H](C)C1C1CC1. The van der Waals surface area contributed by atoms with Gasteiger partial charge < -0.3 is 19.9 Å². The highest BCUT2D eigenvalue weighted by atomic mass is 16.5. The van der Waals surface area contributed by atoms with Crippen LogP contribution in [0.3, 0.4) is 0 Å². The lowest BCUT2D eigenvalue weighted by Crippen LogP contribution is -2.55. The molecular formula is C22H25N3O4. The molecular weight excluding hydrogens is 370 g/mol. The predicted molar refractivity (Wildman–Crippen MR) is 108 cm³/mol. The van der Waals surface area contributed by atoms with Crippen molar-refractivity contribution in [3.05, 3.63) is 64.1 Å². The van der Waals surface area contributed by atoms with Crippen molar-refractivity contribution in [3.8, 4) is 0 Å². The van der Waals surface area contributed by atoms with Crippen molar-refractivity contribution in [1.82, 2.24) is 10.3 Å². The van der Waals surface area contributed by atoms with E-state index in [2.05, 4.69) is 10.3 Å². The van der Waals surface area contributed by atoms with E-state index in [1.54, 1.807) is 17.2 Å². The third kappa shape index (κ3) is 3.77. The van der Waals surface area contributed by atoms with Crippen molar-refractivity contribution in [2.45, 2.75) is 45.4 Å². The van der Waals surface area contributed by atoms with E-state index in [-0.39, 0.29) is 30.0 Å². The van der Waals surface area contributed by atoms with E-state index in [4.69, 9.17) is 4.74 Å². The molecule has 2 aliphatic rings. The Morgan fingerprint density at radius 3 is 2.59 bits per heavy atom. The van der Waals surface area contributed by atoms with Gasteiger partial charge in [0.1, 0.15) is 12.3 Å². The van der Waals surface area contributed by atoms with Crippen LogP contribution >= 0.6 is 0 Å². The van der Waals surface area contributed by atoms with E-state index in [9.17, 15) is 14.4 Å². The molecule has 0 spiro atoms. The molecule has 2 N–H and O–H groups in total. The highest BCUT2D eigenvalue weighted by molar-refractivity contribution is 5.94. The first-order chi connectivity index (χ1) is 14.0. The van der Waals surface area contributed by atoms with Crippen LogP contribution in [0.1, 0.15) is 43.9 Å². The smallest absolute Gasteiger partial charge is 0.407 e. The van der Waals surface area contributed by atoms with Crippen LogP contribution in [0.5, 0.6) is 0 Å². The largest absolute Gasteiger partial charge is 0.445 e. The molecule has 29 heavy (non-hydrogen) atoms. The van der Waals surface area contributed by atoms with Gasteiger partial charge in [0, 0.05) is 30.6 Å². The molecule has 1 aliphatic heterocycles. The number of rotatable bonds is 4. The van der Waals surface area contributed by atoms with Gasteiger partial charge in [0.05, 0.1) is 6.04 Å². The van der Waals surface area contributed by atoms with Crippen LogP contribution < -0.4 is 15.8 Å². The van der Waals surface area contributed by atoms with Crippen LogP contribution in [-0.4, -0.2) is 23.0 Å². The molecule has 1 saturated carbocycles. The number of hydrogen-bond acceptors (Lipinski definition) is 4. The summed E-state index contributed by atoms with van der Waals surface area (Å²) in [6, 6.07) is 10.7. The second-order valence-electron chi connectivity index (χ2n) is 7.87. The van der Waals surface area contributed by atoms with Gasteiger partial charge in [-0.1, -0.05) is 37.3 Å². The maximum Gasteiger partial charge on any atom is 0.407 e. The van der Waals surface area contributed by atoms with Crippen LogP contribution in [0, 0.1) is 11.8 Å². The van der Waals surface area contributed by atoms with E-state index < -0.39 is 12.1 Å². The molecule has 0 bridgehead atoms. The molecule has 1 fully saturated rings. The monoisotopic (exact) mass is 395 g/mol. The molecule has 1 aromatic carbocycles. The lowest BCUT2D eigenvalue weighted by molar-refractivity contribution is -0.117. The number of aromatic nitrogens is 1. The number of nitrogens with one attached hydrogen (secondary N) is 2. The molecule has 2 aromatic rings. The van der Waals surface area contributed by atoms with Crippen molar-refractivity contribution >= 4 is 17.7 Å². The number of alkyl carbamates (subject to hydrolysis) is 1. The molecule has 7 heteroatoms. The zero-order valence-electron chi connectivity index (χ0n) is 16.6. The number of ether oxygens (including phenoxy) is 1. The number of pyridine rings is 1. The molecule has 4 rings (SSSR count). The van der Waals surface area contributed by atoms with Gasteiger partial charge in [0.2, 0.25) is 5.91 Å². The summed E-state index contributed by atoms with van der Waals surface area (Å²) in [6.07, 6.45) is 3.05. The van der Waals surface area contributed by atoms with Gasteiger partial charge in [-0.2, -0.15) is 0 Å². The first-order valence-electron chi connectivity index (χ1n) is 9.96. The summed E-state index contributed by atoms with van der Waals surface area (Å²) in [5.74, 6) is 0.132. The fraction of sp³-hybridized carbons (Fsp3) is 0.409. The van der Waals surface area contributed by atoms with Gasteiger partial charge in [0.15, 0.2) is 0 Å². The second kappa shape index (κ2) is 7.73. The summed E-state index contributed by atoms with van der Waals surface area (Å²) >= 11 is 0. The van der Waals surface area contributed by atoms with Crippen molar-refractivity contribution in [2.75, 3.05) is 4.90 Å². The Kier molecular flexibility index (Phi) is 5.13. The van der Waals surface area contributed by atoms with E-state index >= 15 is 0 Å². The quantitative estimate of drug-likeness (QED) is 0.832. The number of hydrogen-bond donors (Lipinski definition) is 2. The molecule has 2 amide bonds. The van der Waals surface area contributed by atoms with Crippen LogP contribution in [-0.2, 0) is 16.1 Å². The minimum atomic E-state index is -0.539. The number of H-pyrrole nitrogens is 1. The summed E-state index contributed by atoms with van der Waals surface area (Å²) < 4.78 is 5.39. The third-order valence-electron chi connectivity index (χ3n) is 5.83. The number of amides is 2. The molecule has 0 saturated heterocycles. The summed E-state index contributed by atoms with van der Waals surface area (Å²) in [5.41, 5.74) is 1.56. The Morgan fingerprint density at radius 1 is 1.21 bits per heavy atom. The Bertz CT molecular complexity index is 968. The van der Waals surface area contributed by atoms with Gasteiger partial charge in [0.25, 0.3) is 5.56 Å². The predicted octanol–water partition coefficient (Wildman–Crippen LogP) is 3.12. The van der Waals surface area contributed by atoms with Crippen molar-refractivity contribution in [1.29, 1.82) is 0 Å². The fourth-order valence-corrected chi connectivity index (χ4v) is 4.40. The maximum atomic E-state index is 12.6. The number of aromatic amines is 1. The second-order valence-corrected chi connectivity index (χ2v) is 7.87. The highest BCUT2D eigenvalue weighted by Crippen LogP contribution is 2.47. The number of anilines is 1. The number of carbonyl (C=O) groups is 2. The zero-order chi connectivity index (χ0) is 20.5. The first-order valence-corrected chi connectivity index (χ1v) is 9.96. The van der Waals surface area contributed by atoms with E-state index in [1.807, 2.05) is 37.3 Å². The Hall–Kier alpha value is -3.09. The molecule has 1 aliphatic carbocycles. The zero-order valence-corrected chi connectivity index (χ0v) is 16.6. The molecule has 0 radical (unpaired) electrons. The van der Waals surface area contributed by atoms with Crippen LogP contribution in [0.2, 0.25) is 0 Å². The molecule has 3 atom stereocenters. The molecule has 1 aromatic heterocycles. The Labute approximate surface area is 169 Å². The molecule has 2 heterocycles. The molecule has 2 unspecified atom stereocenters. The summed E-state index contributed by atoms with van der Waals surface area (Å²) in [4.78, 5) is 41.9. The normalized spacial score (nSPS) is 23.2. The van der Waals surface area contributed by atoms with Gasteiger partial charge >= 0.3 is 6.09 Å². The summed E-state index contributed by atoms with van der Waals surface area (Å²) in [5, 5.41) is 2.94. The topological polar surface area (TPSA) is 91.5 Å². The lowest BCUT2D eigenvalue weighted by Gasteiger charge is -2.44. The standard InChI is InChI=1S/C22H25N3O4/c1-13-18(24-22(28)29-12-15-6-4-3-5-7-15)17-10-11-23-21(27)20(17)25(14(2)26)19(13)16-8-9-16/h3-7,10-11,13,16,18-19H,8-9,12H2,1-2H3,(H,23,27)(H,24,28)/t13-,18?,19?/m1/s1. The summed E-state index contributed by atoms with van der Waals surface area (Å²) in [6.45, 7) is 3.67. The summed E-state index contributed by atoms with van der Waals surface area (Å²) in [7, 11) is 0. The van der Waals surface area contributed by atoms with Crippen molar-refractivity contribution in [3.63, 3.8) is 0 Å². The van der Waals surface area contributed by atoms with Gasteiger partial charge in [-0.25, -0.2) is 4.79 Å². The molecule has 7 nitrogen and oxygen atoms in total. The lowest BCUT2D eigenvalue weighted by atomic mass is 9.80. The van der Waals surface area contributed by atoms with E-state index in [0.717, 1.165) is 18.4 Å². The number of benzene rings is 1. The minimum absolute atomic E-state index is 0.0509. The minimum Gasteiger partial charge on any atom is -0.445 e. The highest BCUT2D eigenvalue weighted by Gasteiger charge is 2.48. The van der Waals surface area contributed by atoms with Crippen molar-refractivity contribution in [2.24, 2.45) is 11.8 Å². The fourth-order valence-electron chi connectivity index (χ4n) is 4.40. The Balaban J connectivity index is 1.61. The number of carbonyl (C=O) groups excluding carboxylic acids is 2. The van der Waals surface area contributed by atoms with Gasteiger partial charge in [-0.05, 0) is 30.4 Å². The number of fused-ring (bicyclic) bond motifs is 1. The first kappa shape index (κ1) is 19.2. The average Bonchev–Trinajstić information content (AvgIpc) is 3.54. The van der Waals surface area contributed by atoms with Gasteiger partial charge in [-0.3, -0.25) is 9.59 Å². The third-order valence-corrected chi connectivity index (χ3v) is 5.83. The van der Waals surface area contributed by atoms with Crippen LogP contribution in [0.15, 0.2) is 47.4 Å². The van der Waals surface area contributed by atoms with Crippen LogP contribution in [0.4, 0.5) is 10.5 Å². The Morgan fingerprint density at radius 2 is 1.93 bits per heavy atom. The van der Waals surface area contributed by atoms with Crippen LogP contribution in [0.25, 0.3) is 0 Å².